The van der Waals surface area contributed by atoms with E-state index in [1.807, 2.05) is 13.8 Å². The zero-order valence-electron chi connectivity index (χ0n) is 34.0. The lowest BCUT2D eigenvalue weighted by atomic mass is 9.32. The van der Waals surface area contributed by atoms with E-state index in [0.29, 0.717) is 12.0 Å². The highest BCUT2D eigenvalue weighted by Crippen LogP contribution is 2.78. The molecular weight excluding hydrogens is 756 g/mol. The lowest BCUT2D eigenvalue weighted by Crippen LogP contribution is -2.83. The second kappa shape index (κ2) is 13.7. The number of epoxide rings is 1. The summed E-state index contributed by atoms with van der Waals surface area (Å²) in [5.41, 5.74) is -8.55. The van der Waals surface area contributed by atoms with E-state index >= 15 is 0 Å². The summed E-state index contributed by atoms with van der Waals surface area (Å²) in [7, 11) is 1.19. The van der Waals surface area contributed by atoms with E-state index in [9.17, 15) is 39.0 Å². The molecule has 0 spiro atoms. The lowest BCUT2D eigenvalue weighted by molar-refractivity contribution is -0.346. The molecule has 0 amide bonds. The number of allylic oxidation sites excluding steroid dienone is 1. The van der Waals surface area contributed by atoms with Gasteiger partial charge in [0.05, 0.1) is 29.1 Å². The van der Waals surface area contributed by atoms with Gasteiger partial charge in [-0.05, 0) is 80.2 Å². The van der Waals surface area contributed by atoms with Gasteiger partial charge in [0.25, 0.3) is 0 Å². The van der Waals surface area contributed by atoms with Gasteiger partial charge in [-0.25, -0.2) is 14.4 Å². The molecule has 14 atom stereocenters. The fraction of sp³-hybridized carbons (Fsp3) is 0.628. The summed E-state index contributed by atoms with van der Waals surface area (Å²) in [6, 6.07) is 5.56. The van der Waals surface area contributed by atoms with Gasteiger partial charge in [0, 0.05) is 44.6 Å². The van der Waals surface area contributed by atoms with Gasteiger partial charge >= 0.3 is 35.8 Å². The minimum atomic E-state index is -1.92. The van der Waals surface area contributed by atoms with Crippen LogP contribution in [0.25, 0.3) is 0 Å². The van der Waals surface area contributed by atoms with Crippen molar-refractivity contribution in [1.29, 1.82) is 0 Å². The molecule has 0 radical (unpaired) electrons. The SMILES string of the molecule is C=C1C[C@@]2(O)C3CC[C@]4(C)C(C(OC(C)=O)C[C@@]5(C(C)OC(=O)c6ccc(O)cc6)COC(=O)C=C[C@H]54)[C@@]3(C)[C@H](OC(C)=O)[C@H](OC(C)=O)[C@@]2(C)[C@]2(C(=O)OC)O[C@H]12. The lowest BCUT2D eigenvalue weighted by Gasteiger charge is -2.74. The molecular formula is C43H52O15. The minimum absolute atomic E-state index is 0.0217. The molecule has 1 aromatic carbocycles. The average Bonchev–Trinajstić information content (AvgIpc) is 3.93. The first-order valence-electron chi connectivity index (χ1n) is 19.6. The zero-order chi connectivity index (χ0) is 42.5. The van der Waals surface area contributed by atoms with Crippen molar-refractivity contribution in [2.75, 3.05) is 13.7 Å². The van der Waals surface area contributed by atoms with Crippen molar-refractivity contribution in [2.24, 2.45) is 39.4 Å². The number of fused-ring (bicyclic) bond motifs is 9. The van der Waals surface area contributed by atoms with E-state index < -0.39 is 117 Å². The van der Waals surface area contributed by atoms with Crippen LogP contribution >= 0.6 is 0 Å². The van der Waals surface area contributed by atoms with Crippen LogP contribution in [-0.2, 0) is 57.1 Å². The summed E-state index contributed by atoms with van der Waals surface area (Å²) >= 11 is 0. The van der Waals surface area contributed by atoms with E-state index in [2.05, 4.69) is 6.58 Å². The largest absolute Gasteiger partial charge is 0.508 e. The first-order chi connectivity index (χ1) is 27.1. The van der Waals surface area contributed by atoms with Crippen LogP contribution in [0.4, 0.5) is 0 Å². The Morgan fingerprint density at radius 2 is 1.57 bits per heavy atom. The van der Waals surface area contributed by atoms with Crippen LogP contribution in [0, 0.1) is 39.4 Å². The van der Waals surface area contributed by atoms with E-state index in [1.54, 1.807) is 19.9 Å². The molecule has 0 bridgehead atoms. The highest BCUT2D eigenvalue weighted by atomic mass is 16.7. The Hall–Kier alpha value is -4.76. The molecule has 4 saturated carbocycles. The average molecular weight is 809 g/mol. The molecule has 1 aromatic rings. The van der Waals surface area contributed by atoms with Crippen LogP contribution in [0.3, 0.4) is 0 Å². The number of benzene rings is 1. The highest BCUT2D eigenvalue weighted by Gasteiger charge is 2.90. The van der Waals surface area contributed by atoms with E-state index in [-0.39, 0.29) is 37.2 Å². The quantitative estimate of drug-likeness (QED) is 0.173. The molecule has 0 aromatic heterocycles. The molecule has 4 aliphatic carbocycles. The number of phenolic OH excluding ortho intramolecular Hbond substituents is 1. The van der Waals surface area contributed by atoms with Gasteiger partial charge in [0.2, 0.25) is 5.60 Å². The molecule has 4 unspecified atom stereocenters. The van der Waals surface area contributed by atoms with Crippen molar-refractivity contribution >= 4 is 35.8 Å². The number of rotatable bonds is 7. The summed E-state index contributed by atoms with van der Waals surface area (Å²) in [6.07, 6.45) is -2.24. The van der Waals surface area contributed by atoms with E-state index in [0.717, 1.165) is 0 Å². The van der Waals surface area contributed by atoms with Gasteiger partial charge in [-0.2, -0.15) is 0 Å². The maximum absolute atomic E-state index is 13.9. The third-order valence-corrected chi connectivity index (χ3v) is 15.1. The Kier molecular flexibility index (Phi) is 9.74. The molecule has 2 heterocycles. The van der Waals surface area contributed by atoms with Gasteiger partial charge in [0.1, 0.15) is 36.8 Å². The van der Waals surface area contributed by atoms with E-state index in [4.69, 9.17) is 33.2 Å². The second-order valence-electron chi connectivity index (χ2n) is 17.8. The maximum atomic E-state index is 13.9. The fourth-order valence-electron chi connectivity index (χ4n) is 12.9. The third kappa shape index (κ3) is 5.51. The monoisotopic (exact) mass is 808 g/mol. The molecule has 5 fully saturated rings. The number of methoxy groups -OCH3 is 1. The van der Waals surface area contributed by atoms with Gasteiger partial charge in [-0.1, -0.05) is 26.5 Å². The molecule has 58 heavy (non-hydrogen) atoms. The Morgan fingerprint density at radius 3 is 2.17 bits per heavy atom. The van der Waals surface area contributed by atoms with Crippen molar-refractivity contribution in [3.63, 3.8) is 0 Å². The number of cyclic esters (lactones) is 1. The number of aromatic hydroxyl groups is 1. The molecule has 314 valence electrons. The molecule has 7 rings (SSSR count). The number of aliphatic hydroxyl groups is 1. The van der Waals surface area contributed by atoms with Gasteiger partial charge in [-0.15, -0.1) is 0 Å². The normalized spacial score (nSPS) is 42.5. The summed E-state index contributed by atoms with van der Waals surface area (Å²) in [5.74, 6) is -6.62. The standard InChI is InChI=1S/C43H52O15/c1-21-18-42(51)30-16-17-38(6)29-14-15-31(48)53-20-41(29,22(2)54-36(49)26-10-12-27(47)13-11-26)19-28(55-23(3)44)32(38)39(30,7)34(56-24(4)45)35(57-25(5)46)40(42,8)43(33(21)58-43)37(50)52-9/h10-15,22,28-30,32-35,47,51H,1,16-20H2,2-9H3/t22?,28?,29-,30?,32?,33+,34+,35-,38-,39-,40+,41-,42+,43-/m0/s1. The van der Waals surface area contributed by atoms with Gasteiger partial charge in [-0.3, -0.25) is 14.4 Å². The summed E-state index contributed by atoms with van der Waals surface area (Å²) < 4.78 is 42.3. The summed E-state index contributed by atoms with van der Waals surface area (Å²) in [4.78, 5) is 80.4. The first kappa shape index (κ1) is 41.4. The Morgan fingerprint density at radius 1 is 0.948 bits per heavy atom. The number of carbonyl (C=O) groups excluding carboxylic acids is 6. The number of phenols is 1. The predicted molar refractivity (Wildman–Crippen MR) is 199 cm³/mol. The third-order valence-electron chi connectivity index (χ3n) is 15.1. The number of carbonyl (C=O) groups is 6. The van der Waals surface area contributed by atoms with Crippen LogP contribution in [-0.4, -0.2) is 101 Å². The number of hydrogen-bond acceptors (Lipinski definition) is 15. The van der Waals surface area contributed by atoms with Crippen LogP contribution < -0.4 is 0 Å². The molecule has 15 heteroatoms. The second-order valence-corrected chi connectivity index (χ2v) is 17.8. The van der Waals surface area contributed by atoms with Crippen molar-refractivity contribution in [1.82, 2.24) is 0 Å². The summed E-state index contributed by atoms with van der Waals surface area (Å²) in [5, 5.41) is 23.4. The molecule has 6 aliphatic rings. The van der Waals surface area contributed by atoms with Gasteiger partial charge in [0.15, 0.2) is 6.10 Å². The summed E-state index contributed by atoms with van der Waals surface area (Å²) in [6.45, 7) is 14.7. The predicted octanol–water partition coefficient (Wildman–Crippen LogP) is 3.91. The topological polar surface area (TPSA) is 211 Å². The highest BCUT2D eigenvalue weighted by molar-refractivity contribution is 5.90. The van der Waals surface area contributed by atoms with Gasteiger partial charge < -0.3 is 43.4 Å². The van der Waals surface area contributed by atoms with Crippen molar-refractivity contribution in [2.45, 2.75) is 116 Å². The minimum Gasteiger partial charge on any atom is -0.508 e. The van der Waals surface area contributed by atoms with Crippen molar-refractivity contribution < 1.29 is 72.1 Å². The van der Waals surface area contributed by atoms with Crippen LogP contribution in [0.1, 0.15) is 84.5 Å². The zero-order valence-corrected chi connectivity index (χ0v) is 34.0. The van der Waals surface area contributed by atoms with Crippen LogP contribution in [0.5, 0.6) is 5.75 Å². The number of esters is 6. The molecule has 2 aliphatic heterocycles. The molecule has 1 saturated heterocycles. The molecule has 2 N–H and O–H groups in total. The molecule has 15 nitrogen and oxygen atoms in total. The first-order valence-corrected chi connectivity index (χ1v) is 19.6. The van der Waals surface area contributed by atoms with Crippen molar-refractivity contribution in [3.05, 3.63) is 54.1 Å². The van der Waals surface area contributed by atoms with E-state index in [1.165, 1.54) is 58.2 Å². The fourth-order valence-corrected chi connectivity index (χ4v) is 12.9. The van der Waals surface area contributed by atoms with Crippen LogP contribution in [0.2, 0.25) is 0 Å². The smallest absolute Gasteiger partial charge is 0.342 e. The Labute approximate surface area is 336 Å². The Bertz CT molecular complexity index is 1990. The van der Waals surface area contributed by atoms with Crippen molar-refractivity contribution in [3.8, 4) is 5.75 Å². The maximum Gasteiger partial charge on any atom is 0.342 e. The number of hydrogen-bond donors (Lipinski definition) is 2. The number of ether oxygens (including phenoxy) is 7. The van der Waals surface area contributed by atoms with Crippen LogP contribution in [0.15, 0.2) is 48.6 Å². The Balaban J connectivity index is 1.45.